The highest BCUT2D eigenvalue weighted by Crippen LogP contribution is 2.38. The Morgan fingerprint density at radius 3 is 2.27 bits per heavy atom. The number of ether oxygens (including phenoxy) is 2. The minimum atomic E-state index is -0.758. The van der Waals surface area contributed by atoms with Gasteiger partial charge in [-0.05, 0) is 37.1 Å². The lowest BCUT2D eigenvalue weighted by Crippen LogP contribution is -2.40. The van der Waals surface area contributed by atoms with Crippen LogP contribution in [0.5, 0.6) is 0 Å². The molecule has 1 aromatic rings. The van der Waals surface area contributed by atoms with Crippen LogP contribution in [-0.4, -0.2) is 42.8 Å². The van der Waals surface area contributed by atoms with Gasteiger partial charge in [-0.2, -0.15) is 0 Å². The molecule has 0 radical (unpaired) electrons. The van der Waals surface area contributed by atoms with Crippen molar-refractivity contribution in [3.05, 3.63) is 24.3 Å². The summed E-state index contributed by atoms with van der Waals surface area (Å²) in [7, 11) is 0. The average molecular weight is 361 g/mol. The Morgan fingerprint density at radius 1 is 1.04 bits per heavy atom. The van der Waals surface area contributed by atoms with E-state index in [9.17, 15) is 14.4 Å². The van der Waals surface area contributed by atoms with Crippen molar-refractivity contribution in [1.29, 1.82) is 0 Å². The van der Waals surface area contributed by atoms with Gasteiger partial charge in [-0.15, -0.1) is 0 Å². The Hall–Kier alpha value is -2.45. The van der Waals surface area contributed by atoms with Gasteiger partial charge in [-0.3, -0.25) is 14.4 Å². The first-order valence-electron chi connectivity index (χ1n) is 8.74. The van der Waals surface area contributed by atoms with Crippen molar-refractivity contribution in [2.75, 3.05) is 23.8 Å². The van der Waals surface area contributed by atoms with Crippen LogP contribution >= 0.6 is 0 Å². The monoisotopic (exact) mass is 361 g/mol. The van der Waals surface area contributed by atoms with E-state index >= 15 is 0 Å². The van der Waals surface area contributed by atoms with Crippen molar-refractivity contribution >= 4 is 29.1 Å². The molecule has 0 bridgehead atoms. The SMILES string of the molecule is CC(=O)Nc1ccc(NC(=O)C(=O)NC[C@@H]2COC3(CCCC3)O2)cc1. The molecule has 3 rings (SSSR count). The van der Waals surface area contributed by atoms with Crippen LogP contribution in [0, 0.1) is 0 Å². The summed E-state index contributed by atoms with van der Waals surface area (Å²) in [5.74, 6) is -2.15. The second kappa shape index (κ2) is 7.84. The van der Waals surface area contributed by atoms with Crippen LogP contribution in [0.2, 0.25) is 0 Å². The predicted octanol–water partition coefficient (Wildman–Crippen LogP) is 1.39. The van der Waals surface area contributed by atoms with E-state index in [4.69, 9.17) is 9.47 Å². The molecule has 1 aliphatic carbocycles. The molecule has 1 spiro atoms. The number of benzene rings is 1. The lowest BCUT2D eigenvalue weighted by atomic mass is 10.2. The van der Waals surface area contributed by atoms with E-state index in [0.717, 1.165) is 25.7 Å². The highest BCUT2D eigenvalue weighted by Gasteiger charge is 2.43. The van der Waals surface area contributed by atoms with Gasteiger partial charge in [-0.25, -0.2) is 0 Å². The van der Waals surface area contributed by atoms with Crippen LogP contribution in [0.25, 0.3) is 0 Å². The molecule has 8 nitrogen and oxygen atoms in total. The number of nitrogens with one attached hydrogen (secondary N) is 3. The molecule has 1 heterocycles. The molecule has 0 aromatic heterocycles. The molecule has 1 atom stereocenters. The largest absolute Gasteiger partial charge is 0.347 e. The molecule has 1 saturated heterocycles. The van der Waals surface area contributed by atoms with Gasteiger partial charge in [0.2, 0.25) is 5.91 Å². The molecule has 2 aliphatic rings. The fourth-order valence-electron chi connectivity index (χ4n) is 3.21. The topological polar surface area (TPSA) is 106 Å². The van der Waals surface area contributed by atoms with Crippen LogP contribution < -0.4 is 16.0 Å². The standard InChI is InChI=1S/C18H23N3O5/c1-12(22)20-13-4-6-14(7-5-13)21-17(24)16(23)19-10-15-11-25-18(26-15)8-2-3-9-18/h4-7,15H,2-3,8-11H2,1H3,(H,19,23)(H,20,22)(H,21,24)/t15-/m1/s1. The molecule has 3 N–H and O–H groups in total. The Kier molecular flexibility index (Phi) is 5.53. The van der Waals surface area contributed by atoms with E-state index < -0.39 is 17.6 Å². The minimum absolute atomic E-state index is 0.182. The van der Waals surface area contributed by atoms with Crippen molar-refractivity contribution in [2.24, 2.45) is 0 Å². The summed E-state index contributed by atoms with van der Waals surface area (Å²) in [6.45, 7) is 2.07. The second-order valence-corrected chi connectivity index (χ2v) is 6.59. The first-order valence-corrected chi connectivity index (χ1v) is 8.74. The second-order valence-electron chi connectivity index (χ2n) is 6.59. The highest BCUT2D eigenvalue weighted by molar-refractivity contribution is 6.39. The average Bonchev–Trinajstić information content (AvgIpc) is 3.24. The van der Waals surface area contributed by atoms with Crippen LogP contribution in [0.1, 0.15) is 32.6 Å². The summed E-state index contributed by atoms with van der Waals surface area (Å²) in [5, 5.41) is 7.71. The minimum Gasteiger partial charge on any atom is -0.347 e. The van der Waals surface area contributed by atoms with Gasteiger partial charge in [0, 0.05) is 37.7 Å². The van der Waals surface area contributed by atoms with Gasteiger partial charge in [0.25, 0.3) is 0 Å². The number of carbonyl (C=O) groups excluding carboxylic acids is 3. The third kappa shape index (κ3) is 4.59. The van der Waals surface area contributed by atoms with Crippen LogP contribution in [-0.2, 0) is 23.9 Å². The zero-order valence-corrected chi connectivity index (χ0v) is 14.7. The molecule has 1 aliphatic heterocycles. The van der Waals surface area contributed by atoms with E-state index in [-0.39, 0.29) is 18.6 Å². The van der Waals surface area contributed by atoms with Gasteiger partial charge >= 0.3 is 11.8 Å². The maximum atomic E-state index is 12.0. The Morgan fingerprint density at radius 2 is 1.65 bits per heavy atom. The van der Waals surface area contributed by atoms with Gasteiger partial charge < -0.3 is 25.4 Å². The Balaban J connectivity index is 1.43. The summed E-state index contributed by atoms with van der Waals surface area (Å²) in [4.78, 5) is 34.9. The van der Waals surface area contributed by atoms with Gasteiger partial charge in [0.1, 0.15) is 6.10 Å². The van der Waals surface area contributed by atoms with Crippen molar-refractivity contribution < 1.29 is 23.9 Å². The van der Waals surface area contributed by atoms with E-state index in [1.165, 1.54) is 6.92 Å². The smallest absolute Gasteiger partial charge is 0.313 e. The third-order valence-electron chi connectivity index (χ3n) is 4.44. The van der Waals surface area contributed by atoms with Crippen LogP contribution in [0.15, 0.2) is 24.3 Å². The number of anilines is 2. The zero-order chi connectivity index (χ0) is 18.6. The van der Waals surface area contributed by atoms with Crippen molar-refractivity contribution in [2.45, 2.75) is 44.5 Å². The Labute approximate surface area is 151 Å². The number of carbonyl (C=O) groups is 3. The molecule has 8 heteroatoms. The van der Waals surface area contributed by atoms with E-state index in [1.54, 1.807) is 24.3 Å². The van der Waals surface area contributed by atoms with E-state index in [0.29, 0.717) is 18.0 Å². The summed E-state index contributed by atoms with van der Waals surface area (Å²) >= 11 is 0. The molecular formula is C18H23N3O5. The number of rotatable bonds is 4. The van der Waals surface area contributed by atoms with Crippen molar-refractivity contribution in [3.63, 3.8) is 0 Å². The molecule has 140 valence electrons. The third-order valence-corrected chi connectivity index (χ3v) is 4.44. The number of hydrogen-bond donors (Lipinski definition) is 3. The number of hydrogen-bond acceptors (Lipinski definition) is 5. The molecular weight excluding hydrogens is 338 g/mol. The van der Waals surface area contributed by atoms with Crippen LogP contribution in [0.3, 0.4) is 0 Å². The predicted molar refractivity (Wildman–Crippen MR) is 94.4 cm³/mol. The molecule has 2 fully saturated rings. The summed E-state index contributed by atoms with van der Waals surface area (Å²) in [5.41, 5.74) is 1.07. The molecule has 26 heavy (non-hydrogen) atoms. The quantitative estimate of drug-likeness (QED) is 0.703. The highest BCUT2D eigenvalue weighted by atomic mass is 16.7. The fraction of sp³-hybridized carbons (Fsp3) is 0.500. The summed E-state index contributed by atoms with van der Waals surface area (Å²) < 4.78 is 11.6. The molecule has 1 saturated carbocycles. The van der Waals surface area contributed by atoms with Gasteiger partial charge in [-0.1, -0.05) is 0 Å². The van der Waals surface area contributed by atoms with E-state index in [1.807, 2.05) is 0 Å². The normalized spacial score (nSPS) is 20.7. The van der Waals surface area contributed by atoms with Crippen molar-refractivity contribution in [1.82, 2.24) is 5.32 Å². The zero-order valence-electron chi connectivity index (χ0n) is 14.7. The van der Waals surface area contributed by atoms with Crippen LogP contribution in [0.4, 0.5) is 11.4 Å². The maximum Gasteiger partial charge on any atom is 0.313 e. The van der Waals surface area contributed by atoms with Gasteiger partial charge in [0.05, 0.1) is 6.61 Å². The fourth-order valence-corrected chi connectivity index (χ4v) is 3.21. The molecule has 0 unspecified atom stereocenters. The summed E-state index contributed by atoms with van der Waals surface area (Å²) in [6, 6.07) is 6.49. The summed E-state index contributed by atoms with van der Waals surface area (Å²) in [6.07, 6.45) is 3.70. The molecule has 3 amide bonds. The number of amides is 3. The first-order chi connectivity index (χ1) is 12.5. The lowest BCUT2D eigenvalue weighted by molar-refractivity contribution is -0.161. The van der Waals surface area contributed by atoms with Crippen molar-refractivity contribution in [3.8, 4) is 0 Å². The van der Waals surface area contributed by atoms with Gasteiger partial charge in [0.15, 0.2) is 5.79 Å². The van der Waals surface area contributed by atoms with E-state index in [2.05, 4.69) is 16.0 Å². The molecule has 1 aromatic carbocycles. The first kappa shape index (κ1) is 18.3. The maximum absolute atomic E-state index is 12.0. The Bertz CT molecular complexity index is 683. The lowest BCUT2D eigenvalue weighted by Gasteiger charge is -2.21.